The van der Waals surface area contributed by atoms with Crippen molar-refractivity contribution in [3.8, 4) is 0 Å². The maximum Gasteiger partial charge on any atom is 0.0978 e. The summed E-state index contributed by atoms with van der Waals surface area (Å²) < 4.78 is 0. The van der Waals surface area contributed by atoms with Gasteiger partial charge in [0.15, 0.2) is 0 Å². The first-order valence-corrected chi connectivity index (χ1v) is 3.26. The molecule has 0 aliphatic carbocycles. The molecule has 3 unspecified atom stereocenters. The summed E-state index contributed by atoms with van der Waals surface area (Å²) >= 11 is 0. The first kappa shape index (κ1) is 9.62. The smallest absolute Gasteiger partial charge is 0.0978 e. The molecule has 0 rings (SSSR count). The fraction of sp³-hybridized carbons (Fsp3) is 0.714. The lowest BCUT2D eigenvalue weighted by atomic mass is 10.2. The van der Waals surface area contributed by atoms with Crippen LogP contribution in [0.5, 0.6) is 0 Å². The van der Waals surface area contributed by atoms with E-state index in [1.807, 2.05) is 0 Å². The zero-order valence-corrected chi connectivity index (χ0v) is 6.23. The Balaban J connectivity index is 3.66. The number of aliphatic hydroxyl groups excluding tert-OH is 3. The molecule has 0 saturated heterocycles. The van der Waals surface area contributed by atoms with Gasteiger partial charge < -0.3 is 15.3 Å². The van der Waals surface area contributed by atoms with Gasteiger partial charge in [0.25, 0.3) is 0 Å². The van der Waals surface area contributed by atoms with Crippen molar-refractivity contribution in [2.24, 2.45) is 0 Å². The van der Waals surface area contributed by atoms with Crippen LogP contribution in [0.3, 0.4) is 0 Å². The summed E-state index contributed by atoms with van der Waals surface area (Å²) in [6, 6.07) is 0. The lowest BCUT2D eigenvalue weighted by molar-refractivity contribution is 0.0611. The van der Waals surface area contributed by atoms with Crippen molar-refractivity contribution in [1.29, 1.82) is 0 Å². The van der Waals surface area contributed by atoms with E-state index in [2.05, 4.69) is 0 Å². The molecule has 3 atom stereocenters. The predicted molar refractivity (Wildman–Crippen MR) is 38.5 cm³/mol. The fourth-order valence-electron chi connectivity index (χ4n) is 0.435. The molecule has 0 radical (unpaired) electrons. The van der Waals surface area contributed by atoms with Crippen LogP contribution in [0.25, 0.3) is 0 Å². The summed E-state index contributed by atoms with van der Waals surface area (Å²) in [4.78, 5) is 0. The van der Waals surface area contributed by atoms with E-state index < -0.39 is 18.3 Å². The lowest BCUT2D eigenvalue weighted by Gasteiger charge is -2.07. The van der Waals surface area contributed by atoms with Crippen LogP contribution < -0.4 is 0 Å². The molecule has 3 heteroatoms. The van der Waals surface area contributed by atoms with E-state index >= 15 is 0 Å². The summed E-state index contributed by atoms with van der Waals surface area (Å²) in [6.07, 6.45) is 0.560. The molecular formula is C7H14O3. The van der Waals surface area contributed by atoms with Crippen molar-refractivity contribution < 1.29 is 15.3 Å². The molecule has 0 fully saturated rings. The Labute approximate surface area is 60.6 Å². The molecule has 0 aromatic rings. The van der Waals surface area contributed by atoms with Gasteiger partial charge in [0.05, 0.1) is 18.3 Å². The normalized spacial score (nSPS) is 20.9. The summed E-state index contributed by atoms with van der Waals surface area (Å²) in [5, 5.41) is 26.4. The average molecular weight is 146 g/mol. The molecule has 0 saturated carbocycles. The third-order valence-electron chi connectivity index (χ3n) is 1.08. The molecule has 3 nitrogen and oxygen atoms in total. The third-order valence-corrected chi connectivity index (χ3v) is 1.08. The Bertz CT molecular complexity index is 107. The molecule has 0 aromatic carbocycles. The quantitative estimate of drug-likeness (QED) is 0.477. The van der Waals surface area contributed by atoms with Crippen LogP contribution in [0, 0.1) is 0 Å². The molecule has 0 bridgehead atoms. The Kier molecular flexibility index (Phi) is 4.27. The van der Waals surface area contributed by atoms with E-state index in [-0.39, 0.29) is 0 Å². The van der Waals surface area contributed by atoms with Crippen molar-refractivity contribution in [3.63, 3.8) is 0 Å². The Morgan fingerprint density at radius 2 is 1.50 bits per heavy atom. The number of hydrogen-bond acceptors (Lipinski definition) is 3. The minimum absolute atomic E-state index is 0.576. The first-order chi connectivity index (χ1) is 4.54. The van der Waals surface area contributed by atoms with Gasteiger partial charge in [-0.15, -0.1) is 0 Å². The van der Waals surface area contributed by atoms with Crippen LogP contribution in [0.15, 0.2) is 12.2 Å². The Morgan fingerprint density at radius 3 is 1.80 bits per heavy atom. The Morgan fingerprint density at radius 1 is 1.00 bits per heavy atom. The molecule has 0 spiro atoms. The van der Waals surface area contributed by atoms with Crippen molar-refractivity contribution in [2.45, 2.75) is 32.2 Å². The number of hydrogen-bond donors (Lipinski definition) is 3. The van der Waals surface area contributed by atoms with Gasteiger partial charge in [0.1, 0.15) is 0 Å². The Hall–Kier alpha value is -0.380. The summed E-state index contributed by atoms with van der Waals surface area (Å²) in [6.45, 7) is 3.06. The highest BCUT2D eigenvalue weighted by Gasteiger charge is 2.05. The molecule has 0 amide bonds. The summed E-state index contributed by atoms with van der Waals surface area (Å²) in [5.74, 6) is 0. The average Bonchev–Trinajstić information content (AvgIpc) is 1.82. The van der Waals surface area contributed by atoms with Gasteiger partial charge in [-0.2, -0.15) is 0 Å². The molecule has 0 aliphatic rings. The maximum atomic E-state index is 8.93. The first-order valence-electron chi connectivity index (χ1n) is 3.26. The van der Waals surface area contributed by atoms with E-state index in [9.17, 15) is 0 Å². The van der Waals surface area contributed by atoms with Crippen LogP contribution in [-0.4, -0.2) is 33.6 Å². The van der Waals surface area contributed by atoms with Gasteiger partial charge in [0, 0.05) is 0 Å². The summed E-state index contributed by atoms with van der Waals surface area (Å²) in [7, 11) is 0. The highest BCUT2D eigenvalue weighted by atomic mass is 16.3. The molecule has 0 aromatic heterocycles. The molecule has 0 aliphatic heterocycles. The fourth-order valence-corrected chi connectivity index (χ4v) is 0.435. The van der Waals surface area contributed by atoms with Crippen LogP contribution in [-0.2, 0) is 0 Å². The van der Waals surface area contributed by atoms with Gasteiger partial charge in [-0.3, -0.25) is 0 Å². The van der Waals surface area contributed by atoms with E-state index in [4.69, 9.17) is 15.3 Å². The SMILES string of the molecule is CC(O)/C=C/C(O)C(C)O. The van der Waals surface area contributed by atoms with Crippen LogP contribution in [0.2, 0.25) is 0 Å². The van der Waals surface area contributed by atoms with E-state index in [0.29, 0.717) is 0 Å². The molecule has 3 N–H and O–H groups in total. The zero-order valence-electron chi connectivity index (χ0n) is 6.23. The highest BCUT2D eigenvalue weighted by Crippen LogP contribution is 1.94. The van der Waals surface area contributed by atoms with Crippen molar-refractivity contribution >= 4 is 0 Å². The minimum Gasteiger partial charge on any atom is -0.390 e. The topological polar surface area (TPSA) is 60.7 Å². The summed E-state index contributed by atoms with van der Waals surface area (Å²) in [5.41, 5.74) is 0. The second kappa shape index (κ2) is 4.44. The molecule has 60 valence electrons. The standard InChI is InChI=1S/C7H14O3/c1-5(8)3-4-7(10)6(2)9/h3-10H,1-2H3/b4-3+. The van der Waals surface area contributed by atoms with Crippen LogP contribution >= 0.6 is 0 Å². The molecular weight excluding hydrogens is 132 g/mol. The minimum atomic E-state index is -0.880. The second-order valence-electron chi connectivity index (χ2n) is 2.36. The maximum absolute atomic E-state index is 8.93. The van der Waals surface area contributed by atoms with Gasteiger partial charge in [0.2, 0.25) is 0 Å². The van der Waals surface area contributed by atoms with Gasteiger partial charge in [-0.25, -0.2) is 0 Å². The van der Waals surface area contributed by atoms with Crippen LogP contribution in [0.4, 0.5) is 0 Å². The zero-order chi connectivity index (χ0) is 8.15. The number of aliphatic hydroxyl groups is 3. The second-order valence-corrected chi connectivity index (χ2v) is 2.36. The van der Waals surface area contributed by atoms with Gasteiger partial charge in [-0.05, 0) is 13.8 Å². The monoisotopic (exact) mass is 146 g/mol. The molecule has 0 heterocycles. The van der Waals surface area contributed by atoms with E-state index in [0.717, 1.165) is 0 Å². The van der Waals surface area contributed by atoms with Gasteiger partial charge >= 0.3 is 0 Å². The largest absolute Gasteiger partial charge is 0.390 e. The van der Waals surface area contributed by atoms with Crippen molar-refractivity contribution in [2.75, 3.05) is 0 Å². The van der Waals surface area contributed by atoms with Crippen LogP contribution in [0.1, 0.15) is 13.8 Å². The van der Waals surface area contributed by atoms with Crippen molar-refractivity contribution in [3.05, 3.63) is 12.2 Å². The van der Waals surface area contributed by atoms with Crippen molar-refractivity contribution in [1.82, 2.24) is 0 Å². The molecule has 10 heavy (non-hydrogen) atoms. The van der Waals surface area contributed by atoms with Gasteiger partial charge in [-0.1, -0.05) is 12.2 Å². The number of rotatable bonds is 3. The third kappa shape index (κ3) is 4.49. The van der Waals surface area contributed by atoms with E-state index in [1.54, 1.807) is 6.92 Å². The van der Waals surface area contributed by atoms with E-state index in [1.165, 1.54) is 19.1 Å². The lowest BCUT2D eigenvalue weighted by Crippen LogP contribution is -2.19. The predicted octanol–water partition coefficient (Wildman–Crippen LogP) is -0.335. The highest BCUT2D eigenvalue weighted by molar-refractivity contribution is 4.93.